The van der Waals surface area contributed by atoms with Crippen molar-refractivity contribution in [3.8, 4) is 0 Å². The summed E-state index contributed by atoms with van der Waals surface area (Å²) in [7, 11) is 0. The van der Waals surface area contributed by atoms with E-state index in [1.54, 1.807) is 0 Å². The van der Waals surface area contributed by atoms with Gasteiger partial charge in [0, 0.05) is 42.4 Å². The molecule has 0 aromatic heterocycles. The molecule has 3 nitrogen and oxygen atoms in total. The summed E-state index contributed by atoms with van der Waals surface area (Å²) >= 11 is 1.91. The third kappa shape index (κ3) is 4.03. The summed E-state index contributed by atoms with van der Waals surface area (Å²) in [6, 6.07) is 7.75. The maximum absolute atomic E-state index is 12.4. The Hall–Kier alpha value is -1.42. The molecule has 2 rings (SSSR count). The molecule has 1 heterocycles. The highest BCUT2D eigenvalue weighted by molar-refractivity contribution is 7.99. The fourth-order valence-electron chi connectivity index (χ4n) is 2.03. The second-order valence-corrected chi connectivity index (χ2v) is 5.71. The van der Waals surface area contributed by atoms with Crippen molar-refractivity contribution in [2.24, 2.45) is 0 Å². The average Bonchev–Trinajstić information content (AvgIpc) is 2.48. The summed E-state index contributed by atoms with van der Waals surface area (Å²) in [5.74, 6) is 2.24. The van der Waals surface area contributed by atoms with Crippen molar-refractivity contribution >= 4 is 23.4 Å². The third-order valence-electron chi connectivity index (χ3n) is 3.09. The number of carbonyl (C=O) groups is 1. The molecule has 1 N–H and O–H groups in total. The van der Waals surface area contributed by atoms with Gasteiger partial charge in [0.15, 0.2) is 0 Å². The summed E-state index contributed by atoms with van der Waals surface area (Å²) < 4.78 is 0. The molecular weight excluding hydrogens is 256 g/mol. The predicted octanol–water partition coefficient (Wildman–Crippen LogP) is 2.86. The number of nitrogens with zero attached hydrogens (tertiary/aromatic N) is 1. The normalized spacial score (nSPS) is 15.1. The van der Waals surface area contributed by atoms with E-state index < -0.39 is 0 Å². The van der Waals surface area contributed by atoms with Gasteiger partial charge in [-0.3, -0.25) is 4.79 Å². The fourth-order valence-corrected chi connectivity index (χ4v) is 2.93. The first-order chi connectivity index (χ1) is 9.31. The molecule has 0 saturated carbocycles. The van der Waals surface area contributed by atoms with Crippen LogP contribution in [0.15, 0.2) is 36.9 Å². The minimum atomic E-state index is 0.146. The number of amides is 1. The summed E-state index contributed by atoms with van der Waals surface area (Å²) in [5.41, 5.74) is 1.77. The molecule has 1 aliphatic heterocycles. The number of rotatable bonds is 5. The van der Waals surface area contributed by atoms with E-state index in [0.29, 0.717) is 0 Å². The van der Waals surface area contributed by atoms with Crippen LogP contribution < -0.4 is 5.32 Å². The fraction of sp³-hybridized carbons (Fsp3) is 0.400. The molecule has 0 aliphatic carbocycles. The van der Waals surface area contributed by atoms with Gasteiger partial charge in [-0.25, -0.2) is 0 Å². The Balaban J connectivity index is 2.00. The smallest absolute Gasteiger partial charge is 0.253 e. The Kier molecular flexibility index (Phi) is 5.33. The first kappa shape index (κ1) is 14.0. The number of nitrogens with one attached hydrogen (secondary N) is 1. The van der Waals surface area contributed by atoms with Crippen molar-refractivity contribution in [3.05, 3.63) is 42.5 Å². The molecule has 1 aromatic rings. The molecular formula is C15H20N2OS. The van der Waals surface area contributed by atoms with Crippen LogP contribution in [0, 0.1) is 0 Å². The van der Waals surface area contributed by atoms with Gasteiger partial charge in [-0.05, 0) is 24.6 Å². The Morgan fingerprint density at radius 1 is 1.42 bits per heavy atom. The summed E-state index contributed by atoms with van der Waals surface area (Å²) in [6.07, 6.45) is 2.80. The standard InChI is InChI=1S/C15H20N2OS/c1-2-3-7-16-14-6-4-5-13(12-14)15(18)17-8-10-19-11-9-17/h2,4-6,12,16H,1,3,7-11H2. The summed E-state index contributed by atoms with van der Waals surface area (Å²) in [4.78, 5) is 14.3. The zero-order valence-corrected chi connectivity index (χ0v) is 11.9. The van der Waals surface area contributed by atoms with Crippen LogP contribution in [0.1, 0.15) is 16.8 Å². The molecule has 0 spiro atoms. The van der Waals surface area contributed by atoms with Crippen molar-refractivity contribution < 1.29 is 4.79 Å². The van der Waals surface area contributed by atoms with Gasteiger partial charge in [-0.2, -0.15) is 11.8 Å². The van der Waals surface area contributed by atoms with Crippen LogP contribution in [0.25, 0.3) is 0 Å². The van der Waals surface area contributed by atoms with Crippen LogP contribution in [0.4, 0.5) is 5.69 Å². The zero-order chi connectivity index (χ0) is 13.5. The van der Waals surface area contributed by atoms with Crippen LogP contribution in [-0.4, -0.2) is 41.9 Å². The second-order valence-electron chi connectivity index (χ2n) is 4.49. The molecule has 0 atom stereocenters. The predicted molar refractivity (Wildman–Crippen MR) is 83.0 cm³/mol. The van der Waals surface area contributed by atoms with Gasteiger partial charge in [0.25, 0.3) is 5.91 Å². The molecule has 102 valence electrons. The van der Waals surface area contributed by atoms with Gasteiger partial charge in [0.1, 0.15) is 0 Å². The number of benzene rings is 1. The minimum Gasteiger partial charge on any atom is -0.385 e. The number of thioether (sulfide) groups is 1. The molecule has 1 aromatic carbocycles. The highest BCUT2D eigenvalue weighted by Gasteiger charge is 2.18. The molecule has 1 saturated heterocycles. The largest absolute Gasteiger partial charge is 0.385 e. The Morgan fingerprint density at radius 3 is 2.95 bits per heavy atom. The van der Waals surface area contributed by atoms with Gasteiger partial charge in [-0.15, -0.1) is 6.58 Å². The highest BCUT2D eigenvalue weighted by atomic mass is 32.2. The second kappa shape index (κ2) is 7.24. The molecule has 19 heavy (non-hydrogen) atoms. The Labute approximate surface area is 119 Å². The van der Waals surface area contributed by atoms with Crippen molar-refractivity contribution in [1.82, 2.24) is 4.90 Å². The Bertz CT molecular complexity index is 442. The lowest BCUT2D eigenvalue weighted by Crippen LogP contribution is -2.37. The first-order valence-electron chi connectivity index (χ1n) is 6.63. The highest BCUT2D eigenvalue weighted by Crippen LogP contribution is 2.16. The molecule has 1 aliphatic rings. The van der Waals surface area contributed by atoms with Crippen LogP contribution in [0.3, 0.4) is 0 Å². The van der Waals surface area contributed by atoms with E-state index >= 15 is 0 Å². The first-order valence-corrected chi connectivity index (χ1v) is 7.78. The van der Waals surface area contributed by atoms with Gasteiger partial charge in [0.2, 0.25) is 0 Å². The lowest BCUT2D eigenvalue weighted by Gasteiger charge is -2.26. The quantitative estimate of drug-likeness (QED) is 0.663. The molecule has 4 heteroatoms. The van der Waals surface area contributed by atoms with Gasteiger partial charge < -0.3 is 10.2 Å². The van der Waals surface area contributed by atoms with E-state index in [-0.39, 0.29) is 5.91 Å². The average molecular weight is 276 g/mol. The van der Waals surface area contributed by atoms with Crippen LogP contribution >= 0.6 is 11.8 Å². The molecule has 0 unspecified atom stereocenters. The van der Waals surface area contributed by atoms with E-state index in [1.807, 2.05) is 47.0 Å². The Morgan fingerprint density at radius 2 is 2.21 bits per heavy atom. The number of carbonyl (C=O) groups excluding carboxylic acids is 1. The van der Waals surface area contributed by atoms with Crippen molar-refractivity contribution in [2.45, 2.75) is 6.42 Å². The number of hydrogen-bond donors (Lipinski definition) is 1. The van der Waals surface area contributed by atoms with Gasteiger partial charge >= 0.3 is 0 Å². The van der Waals surface area contributed by atoms with Crippen molar-refractivity contribution in [3.63, 3.8) is 0 Å². The maximum Gasteiger partial charge on any atom is 0.253 e. The van der Waals surface area contributed by atoms with Gasteiger partial charge in [0.05, 0.1) is 0 Å². The lowest BCUT2D eigenvalue weighted by molar-refractivity contribution is 0.0772. The maximum atomic E-state index is 12.4. The number of anilines is 1. The number of hydrogen-bond acceptors (Lipinski definition) is 3. The molecule has 1 fully saturated rings. The minimum absolute atomic E-state index is 0.146. The van der Waals surface area contributed by atoms with Crippen LogP contribution in [0.2, 0.25) is 0 Å². The van der Waals surface area contributed by atoms with E-state index in [4.69, 9.17) is 0 Å². The SMILES string of the molecule is C=CCCNc1cccc(C(=O)N2CCSCC2)c1. The topological polar surface area (TPSA) is 32.3 Å². The van der Waals surface area contributed by atoms with E-state index in [9.17, 15) is 4.79 Å². The summed E-state index contributed by atoms with van der Waals surface area (Å²) in [6.45, 7) is 6.26. The summed E-state index contributed by atoms with van der Waals surface area (Å²) in [5, 5.41) is 3.30. The van der Waals surface area contributed by atoms with Gasteiger partial charge in [-0.1, -0.05) is 12.1 Å². The molecule has 1 amide bonds. The van der Waals surface area contributed by atoms with Crippen molar-refractivity contribution in [2.75, 3.05) is 36.5 Å². The van der Waals surface area contributed by atoms with E-state index in [1.165, 1.54) is 0 Å². The molecule has 0 bridgehead atoms. The third-order valence-corrected chi connectivity index (χ3v) is 4.03. The van der Waals surface area contributed by atoms with E-state index in [0.717, 1.165) is 48.8 Å². The molecule has 0 radical (unpaired) electrons. The van der Waals surface area contributed by atoms with Crippen LogP contribution in [0.5, 0.6) is 0 Å². The van der Waals surface area contributed by atoms with Crippen LogP contribution in [-0.2, 0) is 0 Å². The monoisotopic (exact) mass is 276 g/mol. The zero-order valence-electron chi connectivity index (χ0n) is 11.1. The lowest BCUT2D eigenvalue weighted by atomic mass is 10.1. The van der Waals surface area contributed by atoms with E-state index in [2.05, 4.69) is 11.9 Å². The van der Waals surface area contributed by atoms with Crippen molar-refractivity contribution in [1.29, 1.82) is 0 Å².